The molecule has 2 aromatic heterocycles. The molecule has 0 saturated heterocycles. The molecule has 0 atom stereocenters. The van der Waals surface area contributed by atoms with Crippen molar-refractivity contribution in [3.05, 3.63) is 24.1 Å². The molecule has 2 rings (SSSR count). The van der Waals surface area contributed by atoms with Gasteiger partial charge in [0.2, 0.25) is 5.71 Å². The Balaban J connectivity index is 2.45. The largest absolute Gasteiger partial charge is 0.503 e. The number of pyridine rings is 1. The summed E-state index contributed by atoms with van der Waals surface area (Å²) in [4.78, 5) is 15.4. The lowest BCUT2D eigenvalue weighted by Crippen LogP contribution is -2.10. The van der Waals surface area contributed by atoms with Gasteiger partial charge in [-0.05, 0) is 26.0 Å². The van der Waals surface area contributed by atoms with Gasteiger partial charge in [0.1, 0.15) is 0 Å². The zero-order valence-electron chi connectivity index (χ0n) is 8.93. The molecule has 0 fully saturated rings. The molecule has 16 heavy (non-hydrogen) atoms. The smallest absolute Gasteiger partial charge is 0.378 e. The molecule has 2 heterocycles. The Morgan fingerprint density at radius 3 is 2.94 bits per heavy atom. The van der Waals surface area contributed by atoms with Crippen LogP contribution in [0, 0.1) is 0 Å². The fraction of sp³-hybridized carbons (Fsp3) is 0.273. The third kappa shape index (κ3) is 1.71. The highest BCUT2D eigenvalue weighted by atomic mass is 16.6. The van der Waals surface area contributed by atoms with Crippen molar-refractivity contribution in [2.24, 2.45) is 0 Å². The number of esters is 1. The van der Waals surface area contributed by atoms with Crippen molar-refractivity contribution in [2.45, 2.75) is 20.0 Å². The molecule has 0 bridgehead atoms. The number of hydrogen-bond donors (Lipinski definition) is 1. The van der Waals surface area contributed by atoms with Crippen LogP contribution in [-0.4, -0.2) is 22.2 Å². The number of ether oxygens (including phenoxy) is 1. The van der Waals surface area contributed by atoms with Crippen LogP contribution in [0.25, 0.3) is 11.1 Å². The first kappa shape index (κ1) is 10.5. The Labute approximate surface area is 91.7 Å². The van der Waals surface area contributed by atoms with Crippen LogP contribution in [0.1, 0.15) is 24.4 Å². The van der Waals surface area contributed by atoms with E-state index >= 15 is 0 Å². The maximum Gasteiger partial charge on any atom is 0.378 e. The van der Waals surface area contributed by atoms with Crippen LogP contribution in [0.15, 0.2) is 22.7 Å². The topological polar surface area (TPSA) is 72.6 Å². The molecule has 0 saturated carbocycles. The Hall–Kier alpha value is -2.04. The van der Waals surface area contributed by atoms with Crippen molar-refractivity contribution >= 4 is 17.1 Å². The van der Waals surface area contributed by atoms with E-state index < -0.39 is 5.97 Å². The molecule has 2 aromatic rings. The van der Waals surface area contributed by atoms with E-state index in [0.717, 1.165) is 0 Å². The van der Waals surface area contributed by atoms with Gasteiger partial charge in [0.05, 0.1) is 11.5 Å². The number of aromatic nitrogens is 1. The molecule has 0 aromatic carbocycles. The van der Waals surface area contributed by atoms with Gasteiger partial charge in [0.15, 0.2) is 5.75 Å². The van der Waals surface area contributed by atoms with E-state index in [1.807, 2.05) is 0 Å². The zero-order chi connectivity index (χ0) is 11.7. The van der Waals surface area contributed by atoms with Gasteiger partial charge in [0.25, 0.3) is 5.76 Å². The van der Waals surface area contributed by atoms with Gasteiger partial charge in [-0.1, -0.05) is 0 Å². The number of carbonyl (C=O) groups is 1. The van der Waals surface area contributed by atoms with Crippen LogP contribution in [0.5, 0.6) is 5.75 Å². The summed E-state index contributed by atoms with van der Waals surface area (Å²) in [6.45, 7) is 3.44. The fourth-order valence-corrected chi connectivity index (χ4v) is 1.33. The molecule has 5 heteroatoms. The van der Waals surface area contributed by atoms with Gasteiger partial charge in [0, 0.05) is 6.20 Å². The number of fused-ring (bicyclic) bond motifs is 1. The van der Waals surface area contributed by atoms with E-state index in [-0.39, 0.29) is 23.3 Å². The van der Waals surface area contributed by atoms with Crippen LogP contribution in [0.4, 0.5) is 0 Å². The lowest BCUT2D eigenvalue weighted by molar-refractivity contribution is 0.0339. The Morgan fingerprint density at radius 2 is 2.31 bits per heavy atom. The summed E-state index contributed by atoms with van der Waals surface area (Å²) in [5.74, 6) is -1.12. The van der Waals surface area contributed by atoms with Crippen molar-refractivity contribution in [1.82, 2.24) is 4.98 Å². The van der Waals surface area contributed by atoms with Crippen molar-refractivity contribution in [3.63, 3.8) is 0 Å². The predicted molar refractivity (Wildman–Crippen MR) is 56.2 cm³/mol. The van der Waals surface area contributed by atoms with E-state index in [2.05, 4.69) is 4.98 Å². The van der Waals surface area contributed by atoms with Gasteiger partial charge >= 0.3 is 5.97 Å². The molecule has 0 aliphatic heterocycles. The standard InChI is InChI=1S/C11H11NO4/c1-6(2)15-11(14)9-8(13)7-4-3-5-12-10(7)16-9/h3-6,13H,1-2H3. The molecule has 0 amide bonds. The average Bonchev–Trinajstić information content (AvgIpc) is 2.56. The van der Waals surface area contributed by atoms with E-state index in [1.54, 1.807) is 26.0 Å². The second kappa shape index (κ2) is 3.84. The van der Waals surface area contributed by atoms with Crippen molar-refractivity contribution < 1.29 is 19.1 Å². The Morgan fingerprint density at radius 1 is 1.56 bits per heavy atom. The lowest BCUT2D eigenvalue weighted by Gasteiger charge is -2.05. The first-order chi connectivity index (χ1) is 7.59. The van der Waals surface area contributed by atoms with Gasteiger partial charge in [-0.25, -0.2) is 9.78 Å². The molecule has 0 spiro atoms. The summed E-state index contributed by atoms with van der Waals surface area (Å²) in [5, 5.41) is 10.1. The van der Waals surface area contributed by atoms with Crippen molar-refractivity contribution in [2.75, 3.05) is 0 Å². The molecule has 5 nitrogen and oxygen atoms in total. The molecular formula is C11H11NO4. The lowest BCUT2D eigenvalue weighted by atomic mass is 10.3. The SMILES string of the molecule is CC(C)OC(=O)c1oc2ncccc2c1O. The fourth-order valence-electron chi connectivity index (χ4n) is 1.33. The third-order valence-corrected chi connectivity index (χ3v) is 1.97. The van der Waals surface area contributed by atoms with Crippen LogP contribution in [0.2, 0.25) is 0 Å². The first-order valence-electron chi connectivity index (χ1n) is 4.87. The quantitative estimate of drug-likeness (QED) is 0.786. The molecule has 1 N–H and O–H groups in total. The zero-order valence-corrected chi connectivity index (χ0v) is 8.93. The van der Waals surface area contributed by atoms with Crippen LogP contribution < -0.4 is 0 Å². The number of nitrogens with zero attached hydrogens (tertiary/aromatic N) is 1. The monoisotopic (exact) mass is 221 g/mol. The highest BCUT2D eigenvalue weighted by molar-refractivity contribution is 5.97. The molecule has 84 valence electrons. The minimum Gasteiger partial charge on any atom is -0.503 e. The molecule has 0 aliphatic carbocycles. The Bertz CT molecular complexity index is 530. The highest BCUT2D eigenvalue weighted by Gasteiger charge is 2.22. The second-order valence-corrected chi connectivity index (χ2v) is 3.59. The van der Waals surface area contributed by atoms with Crippen LogP contribution >= 0.6 is 0 Å². The number of aromatic hydroxyl groups is 1. The van der Waals surface area contributed by atoms with Crippen LogP contribution in [-0.2, 0) is 4.74 Å². The van der Waals surface area contributed by atoms with Gasteiger partial charge in [-0.3, -0.25) is 0 Å². The highest BCUT2D eigenvalue weighted by Crippen LogP contribution is 2.30. The summed E-state index contributed by atoms with van der Waals surface area (Å²) < 4.78 is 10.1. The Kier molecular flexibility index (Phi) is 2.52. The number of furan rings is 1. The number of rotatable bonds is 2. The minimum absolute atomic E-state index is 0.206. The first-order valence-corrected chi connectivity index (χ1v) is 4.87. The molecule has 0 aliphatic rings. The maximum atomic E-state index is 11.5. The predicted octanol–water partition coefficient (Wildman–Crippen LogP) is 2.10. The van der Waals surface area contributed by atoms with Crippen molar-refractivity contribution in [1.29, 1.82) is 0 Å². The summed E-state index contributed by atoms with van der Waals surface area (Å²) in [7, 11) is 0. The van der Waals surface area contributed by atoms with Gasteiger partial charge < -0.3 is 14.3 Å². The third-order valence-electron chi connectivity index (χ3n) is 1.97. The summed E-state index contributed by atoms with van der Waals surface area (Å²) in [5.41, 5.74) is 0.218. The van der Waals surface area contributed by atoms with Gasteiger partial charge in [-0.15, -0.1) is 0 Å². The molecule has 0 radical (unpaired) electrons. The van der Waals surface area contributed by atoms with Crippen LogP contribution in [0.3, 0.4) is 0 Å². The summed E-state index contributed by atoms with van der Waals surface area (Å²) in [6, 6.07) is 3.27. The molecule has 0 unspecified atom stereocenters. The van der Waals surface area contributed by atoms with E-state index in [0.29, 0.717) is 5.39 Å². The summed E-state index contributed by atoms with van der Waals surface area (Å²) in [6.07, 6.45) is 1.25. The maximum absolute atomic E-state index is 11.5. The molecular weight excluding hydrogens is 210 g/mol. The summed E-state index contributed by atoms with van der Waals surface area (Å²) >= 11 is 0. The van der Waals surface area contributed by atoms with Gasteiger partial charge in [-0.2, -0.15) is 0 Å². The van der Waals surface area contributed by atoms with E-state index in [9.17, 15) is 9.90 Å². The van der Waals surface area contributed by atoms with E-state index in [1.165, 1.54) is 6.20 Å². The number of carbonyl (C=O) groups excluding carboxylic acids is 1. The average molecular weight is 221 g/mol. The second-order valence-electron chi connectivity index (χ2n) is 3.59. The van der Waals surface area contributed by atoms with Crippen molar-refractivity contribution in [3.8, 4) is 5.75 Å². The minimum atomic E-state index is -0.689. The normalized spacial score (nSPS) is 10.9. The number of hydrogen-bond acceptors (Lipinski definition) is 5. The van der Waals surface area contributed by atoms with E-state index in [4.69, 9.17) is 9.15 Å².